The van der Waals surface area contributed by atoms with Gasteiger partial charge in [-0.3, -0.25) is 0 Å². The first-order valence-corrected chi connectivity index (χ1v) is 12.7. The van der Waals surface area contributed by atoms with E-state index < -0.39 is 18.3 Å². The van der Waals surface area contributed by atoms with Crippen LogP contribution in [0.5, 0.6) is 0 Å². The molecule has 5 unspecified atom stereocenters. The summed E-state index contributed by atoms with van der Waals surface area (Å²) in [5.41, 5.74) is 9.01. The molecule has 6 nitrogen and oxygen atoms in total. The maximum absolute atomic E-state index is 10.3. The zero-order valence-corrected chi connectivity index (χ0v) is 20.7. The lowest BCUT2D eigenvalue weighted by atomic mass is 9.91. The summed E-state index contributed by atoms with van der Waals surface area (Å²) in [6.07, 6.45) is -0.636. The fraction of sp³-hybridized carbons (Fsp3) is 0.400. The van der Waals surface area contributed by atoms with Gasteiger partial charge in [-0.05, 0) is 36.1 Å². The second kappa shape index (κ2) is 14.2. The van der Waals surface area contributed by atoms with E-state index in [-0.39, 0.29) is 18.8 Å². The van der Waals surface area contributed by atoms with Crippen molar-refractivity contribution in [3.8, 4) is 0 Å². The third-order valence-corrected chi connectivity index (χ3v) is 6.46. The van der Waals surface area contributed by atoms with Gasteiger partial charge in [-0.15, -0.1) is 0 Å². The number of hydrogen-bond donors (Lipinski definition) is 2. The van der Waals surface area contributed by atoms with Gasteiger partial charge in [-0.25, -0.2) is 0 Å². The molecule has 192 valence electrons. The highest BCUT2D eigenvalue weighted by Gasteiger charge is 2.47. The molecule has 1 fully saturated rings. The minimum atomic E-state index is -0.533. The largest absolute Gasteiger partial charge is 0.394 e. The lowest BCUT2D eigenvalue weighted by molar-refractivity contribution is -0.271. The van der Waals surface area contributed by atoms with Crippen molar-refractivity contribution >= 4 is 0 Å². The molecule has 0 aliphatic carbocycles. The quantitative estimate of drug-likeness (QED) is 0.372. The Morgan fingerprint density at radius 2 is 1.03 bits per heavy atom. The molecule has 0 amide bonds. The van der Waals surface area contributed by atoms with Crippen molar-refractivity contribution in [2.24, 2.45) is 5.73 Å². The maximum Gasteiger partial charge on any atom is 0.115 e. The van der Waals surface area contributed by atoms with Crippen LogP contribution in [0, 0.1) is 0 Å². The molecule has 36 heavy (non-hydrogen) atoms. The molecule has 3 aromatic carbocycles. The van der Waals surface area contributed by atoms with Crippen LogP contribution < -0.4 is 5.73 Å². The van der Waals surface area contributed by atoms with Gasteiger partial charge in [-0.1, -0.05) is 91.0 Å². The lowest BCUT2D eigenvalue weighted by Crippen LogP contribution is -2.61. The number of aliphatic hydroxyl groups is 1. The average molecular weight is 492 g/mol. The molecule has 0 bridgehead atoms. The SMILES string of the molecule is NCCCC1OC(CO)C(OCc2ccccc2)C(OCc2ccccc2)C1OCc1ccccc1. The Morgan fingerprint density at radius 1 is 0.611 bits per heavy atom. The third kappa shape index (κ3) is 7.46. The predicted octanol–water partition coefficient (Wildman–Crippen LogP) is 4.24. The van der Waals surface area contributed by atoms with E-state index in [1.54, 1.807) is 0 Å². The molecule has 3 aromatic rings. The van der Waals surface area contributed by atoms with Crippen LogP contribution in [0.1, 0.15) is 29.5 Å². The van der Waals surface area contributed by atoms with E-state index >= 15 is 0 Å². The van der Waals surface area contributed by atoms with Crippen molar-refractivity contribution in [1.82, 2.24) is 0 Å². The topological polar surface area (TPSA) is 83.2 Å². The van der Waals surface area contributed by atoms with Crippen molar-refractivity contribution in [3.63, 3.8) is 0 Å². The van der Waals surface area contributed by atoms with Crippen molar-refractivity contribution in [2.45, 2.75) is 63.2 Å². The molecule has 1 saturated heterocycles. The summed E-state index contributed by atoms with van der Waals surface area (Å²) in [4.78, 5) is 0. The smallest absolute Gasteiger partial charge is 0.115 e. The number of benzene rings is 3. The van der Waals surface area contributed by atoms with Crippen LogP contribution in [0.2, 0.25) is 0 Å². The molecule has 0 saturated carbocycles. The summed E-state index contributed by atoms with van der Waals surface area (Å²) < 4.78 is 25.8. The van der Waals surface area contributed by atoms with Gasteiger partial charge in [0.15, 0.2) is 0 Å². The van der Waals surface area contributed by atoms with Gasteiger partial charge in [0.25, 0.3) is 0 Å². The first-order chi connectivity index (χ1) is 17.8. The van der Waals surface area contributed by atoms with E-state index in [1.807, 2.05) is 91.0 Å². The summed E-state index contributed by atoms with van der Waals surface area (Å²) >= 11 is 0. The van der Waals surface area contributed by atoms with Crippen molar-refractivity contribution in [1.29, 1.82) is 0 Å². The predicted molar refractivity (Wildman–Crippen MR) is 139 cm³/mol. The summed E-state index contributed by atoms with van der Waals surface area (Å²) in [7, 11) is 0. The minimum Gasteiger partial charge on any atom is -0.394 e. The molecule has 0 spiro atoms. The second-order valence-corrected chi connectivity index (χ2v) is 9.11. The van der Waals surface area contributed by atoms with E-state index in [4.69, 9.17) is 24.7 Å². The van der Waals surface area contributed by atoms with E-state index in [0.717, 1.165) is 23.1 Å². The van der Waals surface area contributed by atoms with Crippen LogP contribution in [0.3, 0.4) is 0 Å². The number of aliphatic hydroxyl groups excluding tert-OH is 1. The highest BCUT2D eigenvalue weighted by Crippen LogP contribution is 2.32. The summed E-state index contributed by atoms with van der Waals surface area (Å²) in [5.74, 6) is 0. The average Bonchev–Trinajstić information content (AvgIpc) is 2.94. The van der Waals surface area contributed by atoms with Gasteiger partial charge in [0.05, 0.1) is 32.5 Å². The molecule has 1 aliphatic heterocycles. The fourth-order valence-corrected chi connectivity index (χ4v) is 4.58. The molecular weight excluding hydrogens is 454 g/mol. The molecule has 1 aliphatic rings. The Kier molecular flexibility index (Phi) is 10.5. The number of rotatable bonds is 13. The van der Waals surface area contributed by atoms with Crippen molar-refractivity contribution in [3.05, 3.63) is 108 Å². The van der Waals surface area contributed by atoms with Crippen LogP contribution in [0.15, 0.2) is 91.0 Å². The Labute approximate surface area is 214 Å². The van der Waals surface area contributed by atoms with Crippen molar-refractivity contribution < 1.29 is 24.1 Å². The second-order valence-electron chi connectivity index (χ2n) is 9.11. The van der Waals surface area contributed by atoms with E-state index in [2.05, 4.69) is 0 Å². The Balaban J connectivity index is 1.58. The van der Waals surface area contributed by atoms with Crippen LogP contribution in [0.25, 0.3) is 0 Å². The zero-order valence-electron chi connectivity index (χ0n) is 20.7. The van der Waals surface area contributed by atoms with E-state index in [1.165, 1.54) is 0 Å². The monoisotopic (exact) mass is 491 g/mol. The Morgan fingerprint density at radius 3 is 1.44 bits per heavy atom. The Hall–Kier alpha value is -2.58. The molecule has 0 aromatic heterocycles. The van der Waals surface area contributed by atoms with Crippen LogP contribution in [-0.4, -0.2) is 48.8 Å². The molecule has 3 N–H and O–H groups in total. The van der Waals surface area contributed by atoms with Gasteiger partial charge in [0, 0.05) is 0 Å². The van der Waals surface area contributed by atoms with Gasteiger partial charge >= 0.3 is 0 Å². The van der Waals surface area contributed by atoms with Crippen LogP contribution in [0.4, 0.5) is 0 Å². The molecule has 4 rings (SSSR count). The minimum absolute atomic E-state index is 0.171. The first kappa shape index (κ1) is 26.5. The highest BCUT2D eigenvalue weighted by atomic mass is 16.6. The van der Waals surface area contributed by atoms with Crippen molar-refractivity contribution in [2.75, 3.05) is 13.2 Å². The van der Waals surface area contributed by atoms with E-state index in [9.17, 15) is 5.11 Å². The summed E-state index contributed by atoms with van der Waals surface area (Å²) in [6.45, 7) is 1.60. The lowest BCUT2D eigenvalue weighted by Gasteiger charge is -2.46. The third-order valence-electron chi connectivity index (χ3n) is 6.46. The number of ether oxygens (including phenoxy) is 4. The van der Waals surface area contributed by atoms with E-state index in [0.29, 0.717) is 32.8 Å². The number of nitrogens with two attached hydrogens (primary N) is 1. The summed E-state index contributed by atoms with van der Waals surface area (Å²) in [5, 5.41) is 10.3. The number of hydrogen-bond acceptors (Lipinski definition) is 6. The molecule has 5 atom stereocenters. The van der Waals surface area contributed by atoms with Crippen LogP contribution in [-0.2, 0) is 38.8 Å². The zero-order chi connectivity index (χ0) is 25.0. The van der Waals surface area contributed by atoms with Crippen LogP contribution >= 0.6 is 0 Å². The highest BCUT2D eigenvalue weighted by molar-refractivity contribution is 5.15. The normalized spacial score (nSPS) is 24.0. The van der Waals surface area contributed by atoms with Gasteiger partial charge < -0.3 is 29.8 Å². The maximum atomic E-state index is 10.3. The Bertz CT molecular complexity index is 988. The molecular formula is C30H37NO5. The van der Waals surface area contributed by atoms with Gasteiger partial charge in [0.2, 0.25) is 0 Å². The van der Waals surface area contributed by atoms with Gasteiger partial charge in [-0.2, -0.15) is 0 Å². The summed E-state index contributed by atoms with van der Waals surface area (Å²) in [6, 6.07) is 30.1. The first-order valence-electron chi connectivity index (χ1n) is 12.7. The van der Waals surface area contributed by atoms with Gasteiger partial charge in [0.1, 0.15) is 24.4 Å². The standard InChI is InChI=1S/C30H37NO5/c31-18-10-17-26-28(33-20-23-11-4-1-5-12-23)30(35-22-25-15-8-3-9-16-25)29(27(19-32)36-26)34-21-24-13-6-2-7-14-24/h1-9,11-16,26-30,32H,10,17-22,31H2. The molecule has 1 heterocycles. The molecule has 6 heteroatoms. The molecule has 0 radical (unpaired) electrons. The fourth-order valence-electron chi connectivity index (χ4n) is 4.58.